The fourth-order valence-electron chi connectivity index (χ4n) is 3.75. The average molecular weight is 345 g/mol. The van der Waals surface area contributed by atoms with Crippen molar-refractivity contribution in [2.24, 2.45) is 0 Å². The topological polar surface area (TPSA) is 57.5 Å². The normalized spacial score (nSPS) is 14.5. The zero-order valence-electron chi connectivity index (χ0n) is 16.6. The van der Waals surface area contributed by atoms with Gasteiger partial charge in [0.05, 0.1) is 26.2 Å². The summed E-state index contributed by atoms with van der Waals surface area (Å²) in [7, 11) is 0. The Morgan fingerprint density at radius 2 is 1.29 bits per heavy atom. The molecule has 0 aliphatic carbocycles. The number of hydrogen-bond donors (Lipinski definition) is 2. The highest BCUT2D eigenvalue weighted by atomic mass is 16.4. The van der Waals surface area contributed by atoms with Gasteiger partial charge in [0.2, 0.25) is 0 Å². The Hall–Kier alpha value is -0.610. The highest BCUT2D eigenvalue weighted by Crippen LogP contribution is 2.22. The van der Waals surface area contributed by atoms with Crippen molar-refractivity contribution in [1.29, 1.82) is 0 Å². The number of carbonyl (C=O) groups is 1. The standard InChI is InChI=1S/C20H41NO3/c1-5-9-16-21(15-8-4,17-10-6-2)18-12-11-14-20(24,13-7-3)19(22)23/h24H,5-18H2,1-4H3/p+1. The van der Waals surface area contributed by atoms with Gasteiger partial charge in [-0.15, -0.1) is 0 Å². The van der Waals surface area contributed by atoms with Crippen molar-refractivity contribution >= 4 is 5.97 Å². The number of carboxylic acid groups (broad SMARTS) is 1. The molecule has 24 heavy (non-hydrogen) atoms. The highest BCUT2D eigenvalue weighted by Gasteiger charge is 2.34. The fourth-order valence-corrected chi connectivity index (χ4v) is 3.75. The molecule has 0 radical (unpaired) electrons. The summed E-state index contributed by atoms with van der Waals surface area (Å²) < 4.78 is 1.18. The van der Waals surface area contributed by atoms with Crippen molar-refractivity contribution in [2.45, 2.75) is 97.5 Å². The predicted octanol–water partition coefficient (Wildman–Crippen LogP) is 4.60. The van der Waals surface area contributed by atoms with E-state index in [0.29, 0.717) is 19.3 Å². The van der Waals surface area contributed by atoms with Crippen LogP contribution in [0.25, 0.3) is 0 Å². The predicted molar refractivity (Wildman–Crippen MR) is 101 cm³/mol. The minimum Gasteiger partial charge on any atom is -0.479 e. The Kier molecular flexibility index (Phi) is 12.4. The molecule has 1 atom stereocenters. The molecule has 0 fully saturated rings. The molecule has 2 N–H and O–H groups in total. The van der Waals surface area contributed by atoms with Crippen molar-refractivity contribution in [3.8, 4) is 0 Å². The van der Waals surface area contributed by atoms with Gasteiger partial charge in [-0.25, -0.2) is 4.79 Å². The smallest absolute Gasteiger partial charge is 0.335 e. The molecule has 0 aromatic heterocycles. The quantitative estimate of drug-likeness (QED) is 0.318. The SMILES string of the molecule is CCCC[N+](CCC)(CCCC)CCCCC(O)(CCC)C(=O)O. The molecule has 0 bridgehead atoms. The van der Waals surface area contributed by atoms with Crippen LogP contribution in [0.1, 0.15) is 91.9 Å². The molecule has 0 aliphatic rings. The van der Waals surface area contributed by atoms with Crippen LogP contribution in [0, 0.1) is 0 Å². The third kappa shape index (κ3) is 8.48. The number of rotatable bonds is 16. The Balaban J connectivity index is 4.64. The molecule has 0 spiro atoms. The molecular formula is C20H42NO3+. The lowest BCUT2D eigenvalue weighted by Gasteiger charge is -2.39. The second-order valence-electron chi connectivity index (χ2n) is 7.49. The first kappa shape index (κ1) is 23.4. The molecular weight excluding hydrogens is 302 g/mol. The maximum atomic E-state index is 11.3. The molecule has 0 heterocycles. The lowest BCUT2D eigenvalue weighted by Crippen LogP contribution is -2.50. The van der Waals surface area contributed by atoms with Crippen LogP contribution in [0.15, 0.2) is 0 Å². The maximum absolute atomic E-state index is 11.3. The van der Waals surface area contributed by atoms with E-state index in [2.05, 4.69) is 20.8 Å². The minimum absolute atomic E-state index is 0.350. The van der Waals surface area contributed by atoms with E-state index in [-0.39, 0.29) is 0 Å². The van der Waals surface area contributed by atoms with Crippen molar-refractivity contribution in [3.05, 3.63) is 0 Å². The van der Waals surface area contributed by atoms with Gasteiger partial charge in [-0.2, -0.15) is 0 Å². The largest absolute Gasteiger partial charge is 0.479 e. The Bertz CT molecular complexity index is 325. The van der Waals surface area contributed by atoms with Crippen LogP contribution in [0.2, 0.25) is 0 Å². The van der Waals surface area contributed by atoms with Gasteiger partial charge in [-0.05, 0) is 44.9 Å². The van der Waals surface area contributed by atoms with Gasteiger partial charge in [0.1, 0.15) is 0 Å². The molecule has 4 heteroatoms. The van der Waals surface area contributed by atoms with Gasteiger partial charge in [0, 0.05) is 0 Å². The molecule has 0 amide bonds. The van der Waals surface area contributed by atoms with Crippen LogP contribution < -0.4 is 0 Å². The number of aliphatic carboxylic acids is 1. The average Bonchev–Trinajstić information content (AvgIpc) is 2.55. The summed E-state index contributed by atoms with van der Waals surface area (Å²) in [6, 6.07) is 0. The summed E-state index contributed by atoms with van der Waals surface area (Å²) in [6.07, 6.45) is 9.41. The Morgan fingerprint density at radius 3 is 1.71 bits per heavy atom. The van der Waals surface area contributed by atoms with E-state index < -0.39 is 11.6 Å². The molecule has 1 unspecified atom stereocenters. The first-order valence-corrected chi connectivity index (χ1v) is 10.2. The zero-order valence-corrected chi connectivity index (χ0v) is 16.6. The van der Waals surface area contributed by atoms with Crippen LogP contribution in [-0.4, -0.2) is 52.4 Å². The summed E-state index contributed by atoms with van der Waals surface area (Å²) in [4.78, 5) is 11.3. The summed E-state index contributed by atoms with van der Waals surface area (Å²) in [5.41, 5.74) is -1.53. The molecule has 0 aromatic rings. The van der Waals surface area contributed by atoms with E-state index in [9.17, 15) is 15.0 Å². The summed E-state index contributed by atoms with van der Waals surface area (Å²) in [5, 5.41) is 19.6. The first-order chi connectivity index (χ1) is 11.4. The van der Waals surface area contributed by atoms with E-state index in [1.807, 2.05) is 6.92 Å². The van der Waals surface area contributed by atoms with Crippen LogP contribution in [0.3, 0.4) is 0 Å². The molecule has 4 nitrogen and oxygen atoms in total. The van der Waals surface area contributed by atoms with E-state index in [1.165, 1.54) is 56.2 Å². The molecule has 0 aromatic carbocycles. The van der Waals surface area contributed by atoms with Gasteiger partial charge in [0.25, 0.3) is 0 Å². The number of nitrogens with zero attached hydrogens (tertiary/aromatic N) is 1. The molecule has 0 saturated heterocycles. The lowest BCUT2D eigenvalue weighted by molar-refractivity contribution is -0.929. The van der Waals surface area contributed by atoms with E-state index in [1.54, 1.807) is 0 Å². The molecule has 0 saturated carbocycles. The third-order valence-electron chi connectivity index (χ3n) is 5.20. The molecule has 0 aliphatic heterocycles. The lowest BCUT2D eigenvalue weighted by atomic mass is 9.91. The van der Waals surface area contributed by atoms with Gasteiger partial charge < -0.3 is 14.7 Å². The first-order valence-electron chi connectivity index (χ1n) is 10.2. The van der Waals surface area contributed by atoms with Crippen molar-refractivity contribution < 1.29 is 19.5 Å². The Morgan fingerprint density at radius 1 is 0.750 bits per heavy atom. The van der Waals surface area contributed by atoms with E-state index >= 15 is 0 Å². The zero-order chi connectivity index (χ0) is 18.5. The highest BCUT2D eigenvalue weighted by molar-refractivity contribution is 5.76. The summed E-state index contributed by atoms with van der Waals surface area (Å²) >= 11 is 0. The number of unbranched alkanes of at least 4 members (excludes halogenated alkanes) is 3. The summed E-state index contributed by atoms with van der Waals surface area (Å²) in [5.74, 6) is -1.06. The number of hydrogen-bond acceptors (Lipinski definition) is 2. The fraction of sp³-hybridized carbons (Fsp3) is 0.950. The number of quaternary nitrogens is 1. The van der Waals surface area contributed by atoms with E-state index in [0.717, 1.165) is 19.4 Å². The molecule has 0 rings (SSSR count). The van der Waals surface area contributed by atoms with Crippen molar-refractivity contribution in [2.75, 3.05) is 26.2 Å². The van der Waals surface area contributed by atoms with Crippen molar-refractivity contribution in [3.63, 3.8) is 0 Å². The van der Waals surface area contributed by atoms with Crippen LogP contribution in [0.4, 0.5) is 0 Å². The van der Waals surface area contributed by atoms with Gasteiger partial charge in [-0.1, -0.05) is 47.0 Å². The van der Waals surface area contributed by atoms with Crippen LogP contribution >= 0.6 is 0 Å². The second-order valence-corrected chi connectivity index (χ2v) is 7.49. The third-order valence-corrected chi connectivity index (χ3v) is 5.20. The number of carboxylic acids is 1. The van der Waals surface area contributed by atoms with Crippen molar-refractivity contribution in [1.82, 2.24) is 0 Å². The second kappa shape index (κ2) is 12.7. The van der Waals surface area contributed by atoms with Gasteiger partial charge in [-0.3, -0.25) is 0 Å². The number of aliphatic hydroxyl groups is 1. The molecule has 144 valence electrons. The van der Waals surface area contributed by atoms with Crippen LogP contribution in [-0.2, 0) is 4.79 Å². The maximum Gasteiger partial charge on any atom is 0.335 e. The monoisotopic (exact) mass is 344 g/mol. The summed E-state index contributed by atoms with van der Waals surface area (Å²) in [6.45, 7) is 13.5. The Labute approximate surface area is 149 Å². The van der Waals surface area contributed by atoms with Crippen LogP contribution in [0.5, 0.6) is 0 Å². The van der Waals surface area contributed by atoms with E-state index in [4.69, 9.17) is 0 Å². The minimum atomic E-state index is -1.53. The van der Waals surface area contributed by atoms with Gasteiger partial charge >= 0.3 is 5.97 Å². The van der Waals surface area contributed by atoms with Gasteiger partial charge in [0.15, 0.2) is 5.60 Å².